The van der Waals surface area contributed by atoms with Gasteiger partial charge in [0.05, 0.1) is 13.2 Å². The van der Waals surface area contributed by atoms with E-state index in [9.17, 15) is 20.4 Å². The predicted molar refractivity (Wildman–Crippen MR) is 119 cm³/mol. The van der Waals surface area contributed by atoms with Crippen LogP contribution < -0.4 is 4.74 Å². The van der Waals surface area contributed by atoms with Crippen molar-refractivity contribution in [3.8, 4) is 18.1 Å². The van der Waals surface area contributed by atoms with Crippen LogP contribution in [0, 0.1) is 12.3 Å². The molecule has 1 fully saturated rings. The van der Waals surface area contributed by atoms with Gasteiger partial charge in [0.15, 0.2) is 0 Å². The summed E-state index contributed by atoms with van der Waals surface area (Å²) in [5, 5.41) is 40.4. The van der Waals surface area contributed by atoms with Crippen LogP contribution in [0.4, 0.5) is 0 Å². The first kappa shape index (κ1) is 24.5. The SMILES string of the molecule is C#CCOCCOc1ccc(Cc2cc([C@@H]3O[C@H](CO)[C@@H](O)[C@H](O)[C@H]3O)ccc2Cl)cc1. The summed E-state index contributed by atoms with van der Waals surface area (Å²) in [7, 11) is 0. The highest BCUT2D eigenvalue weighted by Crippen LogP contribution is 2.34. The van der Waals surface area contributed by atoms with E-state index in [1.54, 1.807) is 18.2 Å². The van der Waals surface area contributed by atoms with Crippen LogP contribution >= 0.6 is 11.6 Å². The second kappa shape index (κ2) is 11.6. The minimum atomic E-state index is -1.44. The molecule has 4 N–H and O–H groups in total. The first-order valence-electron chi connectivity index (χ1n) is 10.3. The van der Waals surface area contributed by atoms with Crippen molar-refractivity contribution < 1.29 is 34.6 Å². The zero-order valence-corrected chi connectivity index (χ0v) is 18.2. The topological polar surface area (TPSA) is 109 Å². The molecular formula is C24H27ClO7. The molecule has 0 saturated carbocycles. The van der Waals surface area contributed by atoms with Crippen LogP contribution in [0.1, 0.15) is 22.8 Å². The summed E-state index contributed by atoms with van der Waals surface area (Å²) >= 11 is 6.39. The van der Waals surface area contributed by atoms with Crippen LogP contribution in [0.3, 0.4) is 0 Å². The molecule has 0 amide bonds. The largest absolute Gasteiger partial charge is 0.491 e. The van der Waals surface area contributed by atoms with E-state index in [4.69, 9.17) is 32.2 Å². The molecule has 0 bridgehead atoms. The second-order valence-corrected chi connectivity index (χ2v) is 7.93. The number of aliphatic hydroxyl groups excluding tert-OH is 4. The Bertz CT molecular complexity index is 910. The maximum Gasteiger partial charge on any atom is 0.119 e. The zero-order chi connectivity index (χ0) is 23.1. The molecule has 0 spiro atoms. The van der Waals surface area contributed by atoms with Crippen LogP contribution in [-0.2, 0) is 15.9 Å². The van der Waals surface area contributed by atoms with Gasteiger partial charge in [0, 0.05) is 5.02 Å². The molecule has 5 atom stereocenters. The molecule has 0 radical (unpaired) electrons. The quantitative estimate of drug-likeness (QED) is 0.330. The van der Waals surface area contributed by atoms with Gasteiger partial charge in [0.2, 0.25) is 0 Å². The molecule has 1 heterocycles. The standard InChI is InChI=1S/C24H27ClO7/c1-2-9-30-10-11-31-18-6-3-15(4-7-18)12-17-13-16(5-8-19(17)25)24-23(29)22(28)21(27)20(14-26)32-24/h1,3-8,13,20-24,26-29H,9-12,14H2/t20-,21-,22+,23-,24+/m1/s1. The fraction of sp³-hybridized carbons (Fsp3) is 0.417. The summed E-state index contributed by atoms with van der Waals surface area (Å²) in [5.41, 5.74) is 2.39. The lowest BCUT2D eigenvalue weighted by Gasteiger charge is -2.40. The number of ether oxygens (including phenoxy) is 3. The molecule has 32 heavy (non-hydrogen) atoms. The summed E-state index contributed by atoms with van der Waals surface area (Å²) in [5.74, 6) is 3.10. The number of hydrogen-bond acceptors (Lipinski definition) is 7. The van der Waals surface area contributed by atoms with Crippen LogP contribution in [0.15, 0.2) is 42.5 Å². The Balaban J connectivity index is 1.68. The van der Waals surface area contributed by atoms with E-state index >= 15 is 0 Å². The highest BCUT2D eigenvalue weighted by molar-refractivity contribution is 6.31. The van der Waals surface area contributed by atoms with Gasteiger partial charge in [-0.25, -0.2) is 0 Å². The third-order valence-electron chi connectivity index (χ3n) is 5.29. The maximum atomic E-state index is 10.4. The van der Waals surface area contributed by atoms with Gasteiger partial charge in [-0.1, -0.05) is 41.8 Å². The number of halogens is 1. The number of hydrogen-bond donors (Lipinski definition) is 4. The van der Waals surface area contributed by atoms with Gasteiger partial charge >= 0.3 is 0 Å². The molecule has 7 nitrogen and oxygen atoms in total. The summed E-state index contributed by atoms with van der Waals surface area (Å²) in [6.07, 6.45) is -0.417. The highest BCUT2D eigenvalue weighted by Gasteiger charge is 2.44. The molecule has 1 aliphatic heterocycles. The fourth-order valence-electron chi connectivity index (χ4n) is 3.56. The van der Waals surface area contributed by atoms with Gasteiger partial charge < -0.3 is 34.6 Å². The molecule has 1 saturated heterocycles. The monoisotopic (exact) mass is 462 g/mol. The highest BCUT2D eigenvalue weighted by atomic mass is 35.5. The Morgan fingerprint density at radius 3 is 2.44 bits per heavy atom. The first-order valence-corrected chi connectivity index (χ1v) is 10.6. The van der Waals surface area contributed by atoms with E-state index in [1.807, 2.05) is 24.3 Å². The summed E-state index contributed by atoms with van der Waals surface area (Å²) in [6.45, 7) is 0.581. The summed E-state index contributed by atoms with van der Waals surface area (Å²) < 4.78 is 16.4. The van der Waals surface area contributed by atoms with Crippen molar-refractivity contribution in [1.29, 1.82) is 0 Å². The Morgan fingerprint density at radius 1 is 1.00 bits per heavy atom. The van der Waals surface area contributed by atoms with Gasteiger partial charge in [-0.05, 0) is 41.3 Å². The maximum absolute atomic E-state index is 10.4. The van der Waals surface area contributed by atoms with Crippen LogP contribution in [0.5, 0.6) is 5.75 Å². The molecule has 172 valence electrons. The summed E-state index contributed by atoms with van der Waals surface area (Å²) in [4.78, 5) is 0. The van der Waals surface area contributed by atoms with Crippen molar-refractivity contribution in [2.24, 2.45) is 0 Å². The molecule has 8 heteroatoms. The van der Waals surface area contributed by atoms with Crippen molar-refractivity contribution in [3.05, 3.63) is 64.2 Å². The smallest absolute Gasteiger partial charge is 0.119 e. The van der Waals surface area contributed by atoms with Crippen LogP contribution in [0.2, 0.25) is 5.02 Å². The van der Waals surface area contributed by atoms with Crippen LogP contribution in [-0.4, -0.2) is 71.3 Å². The molecule has 3 rings (SSSR count). The number of rotatable bonds is 9. The Kier molecular flexibility index (Phi) is 8.91. The van der Waals surface area contributed by atoms with Gasteiger partial charge in [-0.2, -0.15) is 0 Å². The molecule has 2 aromatic rings. The van der Waals surface area contributed by atoms with E-state index in [2.05, 4.69) is 5.92 Å². The lowest BCUT2D eigenvalue weighted by Crippen LogP contribution is -2.55. The average Bonchev–Trinajstić information content (AvgIpc) is 2.80. The van der Waals surface area contributed by atoms with Crippen molar-refractivity contribution in [2.75, 3.05) is 26.4 Å². The number of terminal acetylenes is 1. The fourth-order valence-corrected chi connectivity index (χ4v) is 3.74. The van der Waals surface area contributed by atoms with Crippen molar-refractivity contribution in [1.82, 2.24) is 0 Å². The Morgan fingerprint density at radius 2 is 1.75 bits per heavy atom. The second-order valence-electron chi connectivity index (χ2n) is 7.53. The molecular weight excluding hydrogens is 436 g/mol. The lowest BCUT2D eigenvalue weighted by molar-refractivity contribution is -0.231. The van der Waals surface area contributed by atoms with E-state index in [1.165, 1.54) is 0 Å². The molecule has 0 unspecified atom stereocenters. The number of aliphatic hydroxyl groups is 4. The van der Waals surface area contributed by atoms with Crippen molar-refractivity contribution >= 4 is 11.6 Å². The molecule has 1 aliphatic rings. The van der Waals surface area contributed by atoms with Gasteiger partial charge in [-0.3, -0.25) is 0 Å². The summed E-state index contributed by atoms with van der Waals surface area (Å²) in [6, 6.07) is 12.7. The normalized spacial score (nSPS) is 25.3. The molecule has 0 aromatic heterocycles. The zero-order valence-electron chi connectivity index (χ0n) is 17.4. The minimum absolute atomic E-state index is 0.255. The van der Waals surface area contributed by atoms with Crippen LogP contribution in [0.25, 0.3) is 0 Å². The minimum Gasteiger partial charge on any atom is -0.491 e. The molecule has 0 aliphatic carbocycles. The Labute approximate surface area is 192 Å². The first-order chi connectivity index (χ1) is 15.4. The van der Waals surface area contributed by atoms with Crippen molar-refractivity contribution in [3.63, 3.8) is 0 Å². The van der Waals surface area contributed by atoms with E-state index in [0.717, 1.165) is 11.1 Å². The van der Waals surface area contributed by atoms with E-state index in [-0.39, 0.29) is 6.61 Å². The lowest BCUT2D eigenvalue weighted by atomic mass is 9.90. The number of benzene rings is 2. The van der Waals surface area contributed by atoms with Crippen molar-refractivity contribution in [2.45, 2.75) is 36.9 Å². The third kappa shape index (κ3) is 6.00. The predicted octanol–water partition coefficient (Wildman–Crippen LogP) is 1.47. The van der Waals surface area contributed by atoms with Gasteiger partial charge in [0.25, 0.3) is 0 Å². The van der Waals surface area contributed by atoms with E-state index in [0.29, 0.717) is 36.0 Å². The Hall–Kier alpha value is -2.15. The van der Waals surface area contributed by atoms with E-state index < -0.39 is 37.1 Å². The molecule has 2 aromatic carbocycles. The average molecular weight is 463 g/mol. The van der Waals surface area contributed by atoms with Gasteiger partial charge in [0.1, 0.15) is 49.5 Å². The van der Waals surface area contributed by atoms with Gasteiger partial charge in [-0.15, -0.1) is 6.42 Å². The third-order valence-corrected chi connectivity index (χ3v) is 5.66.